The molecule has 0 spiro atoms. The van der Waals surface area contributed by atoms with E-state index in [9.17, 15) is 0 Å². The number of fused-ring (bicyclic) bond motifs is 1. The molecule has 0 atom stereocenters. The van der Waals surface area contributed by atoms with Gasteiger partial charge in [0.05, 0.1) is 11.4 Å². The minimum atomic E-state index is 0.753. The van der Waals surface area contributed by atoms with Crippen molar-refractivity contribution in [3.05, 3.63) is 53.7 Å². The number of hydrogen-bond donors (Lipinski definition) is 2. The molecule has 0 radical (unpaired) electrons. The van der Waals surface area contributed by atoms with Crippen molar-refractivity contribution in [2.24, 2.45) is 5.73 Å². The molecule has 126 valence electrons. The van der Waals surface area contributed by atoms with Crippen LogP contribution in [0.4, 0.5) is 0 Å². The summed E-state index contributed by atoms with van der Waals surface area (Å²) < 4.78 is 0. The summed E-state index contributed by atoms with van der Waals surface area (Å²) in [7, 11) is 0. The highest BCUT2D eigenvalue weighted by atomic mass is 14.8. The number of nitrogens with one attached hydrogen (secondary N) is 1. The number of rotatable bonds is 8. The molecule has 0 fully saturated rings. The van der Waals surface area contributed by atoms with Crippen LogP contribution < -0.4 is 5.73 Å². The average molecular weight is 321 g/mol. The van der Waals surface area contributed by atoms with Gasteiger partial charge < -0.3 is 10.7 Å². The lowest BCUT2D eigenvalue weighted by Gasteiger charge is -2.04. The molecule has 3 aromatic rings. The van der Waals surface area contributed by atoms with E-state index in [-0.39, 0.29) is 0 Å². The second-order valence-electron chi connectivity index (χ2n) is 6.38. The lowest BCUT2D eigenvalue weighted by atomic mass is 10.00. The first-order valence-corrected chi connectivity index (χ1v) is 9.09. The molecular formula is C21H27N3. The van der Waals surface area contributed by atoms with Gasteiger partial charge in [-0.15, -0.1) is 0 Å². The van der Waals surface area contributed by atoms with Gasteiger partial charge in [0, 0.05) is 17.1 Å². The molecule has 2 heterocycles. The van der Waals surface area contributed by atoms with Crippen molar-refractivity contribution in [2.75, 3.05) is 6.54 Å². The fraction of sp³-hybridized carbons (Fsp3) is 0.381. The second kappa shape index (κ2) is 8.11. The third-order valence-corrected chi connectivity index (χ3v) is 4.63. The quantitative estimate of drug-likeness (QED) is 0.582. The summed E-state index contributed by atoms with van der Waals surface area (Å²) in [6.45, 7) is 3.00. The fourth-order valence-corrected chi connectivity index (χ4v) is 3.34. The van der Waals surface area contributed by atoms with E-state index in [2.05, 4.69) is 47.2 Å². The van der Waals surface area contributed by atoms with Gasteiger partial charge >= 0.3 is 0 Å². The molecular weight excluding hydrogens is 294 g/mol. The van der Waals surface area contributed by atoms with E-state index in [1.165, 1.54) is 40.6 Å². The average Bonchev–Trinajstić information content (AvgIpc) is 3.00. The monoisotopic (exact) mass is 321 g/mol. The Labute approximate surface area is 144 Å². The Morgan fingerprint density at radius 2 is 1.92 bits per heavy atom. The van der Waals surface area contributed by atoms with E-state index in [1.54, 1.807) is 0 Å². The second-order valence-corrected chi connectivity index (χ2v) is 6.38. The van der Waals surface area contributed by atoms with Gasteiger partial charge in [-0.05, 0) is 61.9 Å². The van der Waals surface area contributed by atoms with Gasteiger partial charge in [-0.3, -0.25) is 4.98 Å². The highest BCUT2D eigenvalue weighted by molar-refractivity contribution is 5.92. The van der Waals surface area contributed by atoms with Crippen molar-refractivity contribution in [2.45, 2.75) is 45.4 Å². The highest BCUT2D eigenvalue weighted by Gasteiger charge is 2.15. The number of aryl methyl sites for hydroxylation is 2. The van der Waals surface area contributed by atoms with Crippen LogP contribution in [0.15, 0.2) is 42.6 Å². The molecule has 0 aliphatic heterocycles. The van der Waals surface area contributed by atoms with Crippen LogP contribution in [0, 0.1) is 0 Å². The molecule has 0 saturated heterocycles. The Hall–Kier alpha value is -2.13. The van der Waals surface area contributed by atoms with Crippen molar-refractivity contribution < 1.29 is 0 Å². The lowest BCUT2D eigenvalue weighted by molar-refractivity contribution is 0.748. The van der Waals surface area contributed by atoms with Crippen LogP contribution in [-0.2, 0) is 12.8 Å². The highest BCUT2D eigenvalue weighted by Crippen LogP contribution is 2.32. The maximum atomic E-state index is 5.69. The summed E-state index contributed by atoms with van der Waals surface area (Å²) in [5.74, 6) is 0. The number of hydrogen-bond acceptors (Lipinski definition) is 2. The molecule has 0 bridgehead atoms. The molecule has 0 amide bonds. The Bertz CT molecular complexity index is 774. The molecule has 0 aliphatic carbocycles. The van der Waals surface area contributed by atoms with E-state index in [0.717, 1.165) is 37.9 Å². The number of aromatic amines is 1. The molecule has 0 aliphatic rings. The smallest absolute Gasteiger partial charge is 0.0867 e. The predicted octanol–water partition coefficient (Wildman–Crippen LogP) is 4.85. The SMILES string of the molecule is CCCCc1cccc2c(CCCCN)c(-c3ccccn3)[nH]c12. The number of pyridine rings is 1. The number of nitrogens with two attached hydrogens (primary N) is 1. The summed E-state index contributed by atoms with van der Waals surface area (Å²) in [4.78, 5) is 8.26. The van der Waals surface area contributed by atoms with Gasteiger partial charge in [-0.25, -0.2) is 0 Å². The summed E-state index contributed by atoms with van der Waals surface area (Å²) in [5.41, 5.74) is 12.0. The predicted molar refractivity (Wildman–Crippen MR) is 102 cm³/mol. The molecule has 3 nitrogen and oxygen atoms in total. The van der Waals surface area contributed by atoms with Crippen molar-refractivity contribution >= 4 is 10.9 Å². The summed E-state index contributed by atoms with van der Waals surface area (Å²) >= 11 is 0. The van der Waals surface area contributed by atoms with E-state index in [4.69, 9.17) is 5.73 Å². The van der Waals surface area contributed by atoms with Gasteiger partial charge in [0.25, 0.3) is 0 Å². The summed E-state index contributed by atoms with van der Waals surface area (Å²) in [5, 5.41) is 1.35. The normalized spacial score (nSPS) is 11.2. The van der Waals surface area contributed by atoms with Gasteiger partial charge in [-0.1, -0.05) is 37.6 Å². The number of nitrogens with zero attached hydrogens (tertiary/aromatic N) is 1. The Morgan fingerprint density at radius 3 is 2.67 bits per heavy atom. The number of para-hydroxylation sites is 1. The largest absolute Gasteiger partial charge is 0.353 e. The van der Waals surface area contributed by atoms with E-state index >= 15 is 0 Å². The zero-order chi connectivity index (χ0) is 16.8. The molecule has 0 saturated carbocycles. The molecule has 2 aromatic heterocycles. The fourth-order valence-electron chi connectivity index (χ4n) is 3.34. The standard InChI is InChI=1S/C21H27N3/c1-2-3-9-16-10-8-12-17-18(11-4-6-14-22)21(24-20(16)17)19-13-5-7-15-23-19/h5,7-8,10,12-13,15,24H,2-4,6,9,11,14,22H2,1H3. The van der Waals surface area contributed by atoms with Crippen LogP contribution in [0.1, 0.15) is 43.7 Å². The first-order chi connectivity index (χ1) is 11.8. The van der Waals surface area contributed by atoms with Gasteiger partial charge in [0.15, 0.2) is 0 Å². The van der Waals surface area contributed by atoms with Crippen molar-refractivity contribution in [1.29, 1.82) is 0 Å². The van der Waals surface area contributed by atoms with E-state index < -0.39 is 0 Å². The molecule has 24 heavy (non-hydrogen) atoms. The third kappa shape index (κ3) is 3.51. The molecule has 3 N–H and O–H groups in total. The Kier molecular flexibility index (Phi) is 5.65. The lowest BCUT2D eigenvalue weighted by Crippen LogP contribution is -1.99. The molecule has 3 heteroatoms. The zero-order valence-electron chi connectivity index (χ0n) is 14.5. The Balaban J connectivity index is 2.08. The number of aromatic nitrogens is 2. The maximum Gasteiger partial charge on any atom is 0.0867 e. The van der Waals surface area contributed by atoms with E-state index in [1.807, 2.05) is 12.3 Å². The first-order valence-electron chi connectivity index (χ1n) is 9.09. The van der Waals surface area contributed by atoms with Gasteiger partial charge in [0.1, 0.15) is 0 Å². The van der Waals surface area contributed by atoms with Gasteiger partial charge in [-0.2, -0.15) is 0 Å². The topological polar surface area (TPSA) is 54.7 Å². The van der Waals surface area contributed by atoms with Crippen LogP contribution in [0.5, 0.6) is 0 Å². The van der Waals surface area contributed by atoms with Crippen LogP contribution in [0.3, 0.4) is 0 Å². The molecule has 3 rings (SSSR count). The molecule has 1 aromatic carbocycles. The number of H-pyrrole nitrogens is 1. The number of benzene rings is 1. The first kappa shape index (κ1) is 16.7. The Morgan fingerprint density at radius 1 is 1.00 bits per heavy atom. The van der Waals surface area contributed by atoms with Crippen molar-refractivity contribution in [3.63, 3.8) is 0 Å². The maximum absolute atomic E-state index is 5.69. The van der Waals surface area contributed by atoms with Crippen LogP contribution in [0.25, 0.3) is 22.3 Å². The zero-order valence-corrected chi connectivity index (χ0v) is 14.5. The summed E-state index contributed by atoms with van der Waals surface area (Å²) in [6.07, 6.45) is 8.64. The minimum Gasteiger partial charge on any atom is -0.353 e. The number of unbranched alkanes of at least 4 members (excludes halogenated alkanes) is 2. The van der Waals surface area contributed by atoms with Crippen LogP contribution >= 0.6 is 0 Å². The summed E-state index contributed by atoms with van der Waals surface area (Å²) in [6, 6.07) is 12.8. The third-order valence-electron chi connectivity index (χ3n) is 4.63. The van der Waals surface area contributed by atoms with Crippen LogP contribution in [0.2, 0.25) is 0 Å². The minimum absolute atomic E-state index is 0.753. The van der Waals surface area contributed by atoms with Gasteiger partial charge in [0.2, 0.25) is 0 Å². The van der Waals surface area contributed by atoms with E-state index in [0.29, 0.717) is 0 Å². The van der Waals surface area contributed by atoms with Crippen molar-refractivity contribution in [1.82, 2.24) is 9.97 Å². The van der Waals surface area contributed by atoms with Crippen LogP contribution in [-0.4, -0.2) is 16.5 Å². The van der Waals surface area contributed by atoms with Crippen molar-refractivity contribution in [3.8, 4) is 11.4 Å². The molecule has 0 unspecified atom stereocenters.